The Balaban J connectivity index is 1.39. The van der Waals surface area contributed by atoms with Gasteiger partial charge < -0.3 is 54.0 Å². The van der Waals surface area contributed by atoms with E-state index >= 15 is 0 Å². The number of aliphatic imine (C=N–C) groups is 1. The number of methoxy groups -OCH3 is 1. The van der Waals surface area contributed by atoms with Crippen molar-refractivity contribution in [1.82, 2.24) is 20.1 Å². The SMILES string of the molecule is CO[C@]1(C)C[C@H](C[C@H]2[C@H](C)[C@@H](O[C@@H]3O[C@H](C)CC4C3O/C(=N/C(C)C)N4C)[C@](C)(O)C[C@@H](C)CN(C)C(=O)[C@H](Cc3c[nH]c4ccccc34)NC(=O)[C@@H]2C)O[C@@H](C)[C@@H]1O. The number of benzene rings is 1. The molecule has 2 aromatic rings. The number of nitrogens with zero attached hydrogens (tertiary/aromatic N) is 3. The van der Waals surface area contributed by atoms with Gasteiger partial charge in [-0.15, -0.1) is 0 Å². The summed E-state index contributed by atoms with van der Waals surface area (Å²) in [5.74, 6) is -2.17. The predicted molar refractivity (Wildman–Crippen MR) is 226 cm³/mol. The summed E-state index contributed by atoms with van der Waals surface area (Å²) in [4.78, 5) is 41.0. The van der Waals surface area contributed by atoms with Crippen LogP contribution in [0.25, 0.3) is 10.9 Å². The normalized spacial score (nSPS) is 41.0. The number of aromatic nitrogens is 1. The third-order valence-electron chi connectivity index (χ3n) is 13.6. The molecule has 0 spiro atoms. The number of hydrogen-bond donors (Lipinski definition) is 4. The zero-order chi connectivity index (χ0) is 43.1. The van der Waals surface area contributed by atoms with E-state index in [0.717, 1.165) is 16.5 Å². The molecule has 0 saturated carbocycles. The monoisotopic (exact) mass is 826 g/mol. The lowest BCUT2D eigenvalue weighted by Crippen LogP contribution is -2.58. The highest BCUT2D eigenvalue weighted by Crippen LogP contribution is 2.43. The van der Waals surface area contributed by atoms with Gasteiger partial charge in [-0.05, 0) is 90.2 Å². The lowest BCUT2D eigenvalue weighted by Gasteiger charge is -2.48. The van der Waals surface area contributed by atoms with E-state index in [1.165, 1.54) is 0 Å². The van der Waals surface area contributed by atoms with Crippen molar-refractivity contribution in [1.29, 1.82) is 0 Å². The van der Waals surface area contributed by atoms with Crippen LogP contribution in [0.2, 0.25) is 0 Å². The first-order valence-electron chi connectivity index (χ1n) is 21.7. The van der Waals surface area contributed by atoms with E-state index in [1.54, 1.807) is 26.0 Å². The van der Waals surface area contributed by atoms with Gasteiger partial charge >= 0.3 is 0 Å². The fourth-order valence-electron chi connectivity index (χ4n) is 10.5. The Hall–Kier alpha value is -3.27. The van der Waals surface area contributed by atoms with Crippen molar-refractivity contribution >= 4 is 28.7 Å². The average Bonchev–Trinajstić information content (AvgIpc) is 3.72. The van der Waals surface area contributed by atoms with Crippen LogP contribution < -0.4 is 5.32 Å². The maximum Gasteiger partial charge on any atom is 0.288 e. The minimum atomic E-state index is -1.44. The second kappa shape index (κ2) is 18.0. The van der Waals surface area contributed by atoms with Gasteiger partial charge in [-0.25, -0.2) is 4.99 Å². The van der Waals surface area contributed by atoms with Crippen LogP contribution in [0.4, 0.5) is 0 Å². The minimum absolute atomic E-state index is 0.0223. The fraction of sp³-hybridized carbons (Fsp3) is 0.756. The third kappa shape index (κ3) is 9.63. The van der Waals surface area contributed by atoms with Crippen molar-refractivity contribution in [2.45, 2.75) is 167 Å². The van der Waals surface area contributed by atoms with Gasteiger partial charge in [-0.3, -0.25) is 9.59 Å². The van der Waals surface area contributed by atoms with E-state index in [-0.39, 0.29) is 35.9 Å². The second-order valence-electron chi connectivity index (χ2n) is 19.1. The molecule has 59 heavy (non-hydrogen) atoms. The van der Waals surface area contributed by atoms with E-state index in [2.05, 4.69) is 15.2 Å². The minimum Gasteiger partial charge on any atom is -0.454 e. The van der Waals surface area contributed by atoms with Crippen LogP contribution in [0.1, 0.15) is 93.6 Å². The van der Waals surface area contributed by atoms with E-state index in [0.29, 0.717) is 44.7 Å². The van der Waals surface area contributed by atoms with E-state index in [9.17, 15) is 19.8 Å². The van der Waals surface area contributed by atoms with E-state index in [4.69, 9.17) is 28.7 Å². The van der Waals surface area contributed by atoms with Crippen molar-refractivity contribution in [2.75, 3.05) is 27.7 Å². The topological polar surface area (TPSA) is 167 Å². The van der Waals surface area contributed by atoms with Gasteiger partial charge in [-0.2, -0.15) is 0 Å². The van der Waals surface area contributed by atoms with Crippen LogP contribution in [0.5, 0.6) is 0 Å². The summed E-state index contributed by atoms with van der Waals surface area (Å²) in [6.45, 7) is 17.8. The summed E-state index contributed by atoms with van der Waals surface area (Å²) in [7, 11) is 5.34. The summed E-state index contributed by atoms with van der Waals surface area (Å²) in [6, 6.07) is 7.60. The standard InChI is InChI=1S/C45H71N5O9/c1-24(2)47-43-50(11)36-17-26(4)56-42(37(36)58-43)59-39-27(5)33(19-31-21-45(9,55-12)38(51)29(7)57-31)28(6)40(52)48-35(18-30-22-46-34-16-14-13-15-32(30)34)41(53)49(10)23-25(3)20-44(39,8)54/h13-16,22,24-29,31,33,35-39,42,46,51,54H,17-21,23H2,1-12H3,(H,48,52)/b47-43+/t25-,26-,27+,28-,29+,31+,33+,35+,36?,37?,38+,39-,42+,44-,45-/m1/s1. The molecular formula is C45H71N5O9. The average molecular weight is 826 g/mol. The highest BCUT2D eigenvalue weighted by molar-refractivity contribution is 5.90. The van der Waals surface area contributed by atoms with E-state index in [1.807, 2.05) is 92.9 Å². The zero-order valence-electron chi connectivity index (χ0n) is 37.3. The molecule has 330 valence electrons. The highest BCUT2D eigenvalue weighted by Gasteiger charge is 2.53. The molecule has 15 atom stereocenters. The number of carbonyl (C=O) groups excluding carboxylic acids is 2. The van der Waals surface area contributed by atoms with Gasteiger partial charge in [0, 0.05) is 69.7 Å². The van der Waals surface area contributed by atoms with Gasteiger partial charge in [0.15, 0.2) is 12.4 Å². The lowest BCUT2D eigenvalue weighted by molar-refractivity contribution is -0.287. The summed E-state index contributed by atoms with van der Waals surface area (Å²) < 4.78 is 32.5. The third-order valence-corrected chi connectivity index (χ3v) is 13.6. The quantitative estimate of drug-likeness (QED) is 0.294. The maximum atomic E-state index is 14.8. The first-order chi connectivity index (χ1) is 27.7. The van der Waals surface area contributed by atoms with Crippen molar-refractivity contribution < 1.29 is 43.5 Å². The lowest BCUT2D eigenvalue weighted by atomic mass is 9.70. The number of ether oxygens (including phenoxy) is 5. The number of rotatable bonds is 8. The summed E-state index contributed by atoms with van der Waals surface area (Å²) >= 11 is 0. The van der Waals surface area contributed by atoms with E-state index < -0.39 is 71.8 Å². The first kappa shape index (κ1) is 45.3. The Morgan fingerprint density at radius 1 is 1.05 bits per heavy atom. The zero-order valence-corrected chi connectivity index (χ0v) is 37.3. The number of hydrogen-bond acceptors (Lipinski definition) is 10. The number of H-pyrrole nitrogens is 1. The van der Waals surface area contributed by atoms with Gasteiger partial charge in [0.2, 0.25) is 11.8 Å². The number of aliphatic hydroxyl groups is 2. The molecule has 1 aromatic heterocycles. The number of fused-ring (bicyclic) bond motifs is 2. The molecule has 1 aromatic carbocycles. The second-order valence-corrected chi connectivity index (χ2v) is 19.1. The molecular weight excluding hydrogens is 755 g/mol. The van der Waals surface area contributed by atoms with Crippen molar-refractivity contribution in [3.05, 3.63) is 36.0 Å². The van der Waals surface area contributed by atoms with Crippen LogP contribution in [0, 0.1) is 23.7 Å². The molecule has 0 bridgehead atoms. The fourth-order valence-corrected chi connectivity index (χ4v) is 10.5. The van der Waals surface area contributed by atoms with Gasteiger partial charge in [0.25, 0.3) is 6.02 Å². The number of carbonyl (C=O) groups is 2. The number of amides is 2. The van der Waals surface area contributed by atoms with Crippen LogP contribution in [0.3, 0.4) is 0 Å². The molecule has 4 N–H and O–H groups in total. The largest absolute Gasteiger partial charge is 0.454 e. The number of amidine groups is 1. The summed E-state index contributed by atoms with van der Waals surface area (Å²) in [5, 5.41) is 28.1. The summed E-state index contributed by atoms with van der Waals surface area (Å²) in [5.41, 5.74) is -0.423. The van der Waals surface area contributed by atoms with Crippen LogP contribution in [-0.4, -0.2) is 143 Å². The first-order valence-corrected chi connectivity index (χ1v) is 21.7. The number of nitrogens with one attached hydrogen (secondary N) is 2. The number of para-hydroxylation sites is 1. The molecule has 4 aliphatic heterocycles. The Morgan fingerprint density at radius 2 is 1.76 bits per heavy atom. The molecule has 5 heterocycles. The van der Waals surface area contributed by atoms with Gasteiger partial charge in [0.05, 0.1) is 41.7 Å². The Kier molecular flexibility index (Phi) is 13.8. The Labute approximate surface area is 350 Å². The van der Waals surface area contributed by atoms with Crippen molar-refractivity contribution in [3.63, 3.8) is 0 Å². The van der Waals surface area contributed by atoms with Gasteiger partial charge in [-0.1, -0.05) is 39.0 Å². The number of aromatic amines is 1. The Morgan fingerprint density at radius 3 is 2.46 bits per heavy atom. The molecule has 2 amide bonds. The predicted octanol–water partition coefficient (Wildman–Crippen LogP) is 4.65. The van der Waals surface area contributed by atoms with Crippen molar-refractivity contribution in [3.8, 4) is 0 Å². The summed E-state index contributed by atoms with van der Waals surface area (Å²) in [6.07, 6.45) is -0.0984. The molecule has 0 aliphatic carbocycles. The number of likely N-dealkylation sites (N-methyl/N-ethyl adjacent to an activating group) is 2. The van der Waals surface area contributed by atoms with Crippen LogP contribution >= 0.6 is 0 Å². The Bertz CT molecular complexity index is 1800. The molecule has 2 unspecified atom stereocenters. The molecule has 4 aliphatic rings. The molecule has 14 heteroatoms. The number of aliphatic hydroxyl groups excluding tert-OH is 1. The van der Waals surface area contributed by atoms with Crippen molar-refractivity contribution in [2.24, 2.45) is 28.7 Å². The van der Waals surface area contributed by atoms with Crippen LogP contribution in [0.15, 0.2) is 35.5 Å². The maximum absolute atomic E-state index is 14.8. The molecule has 4 saturated heterocycles. The smallest absolute Gasteiger partial charge is 0.288 e. The molecule has 14 nitrogen and oxygen atoms in total. The van der Waals surface area contributed by atoms with Gasteiger partial charge in [0.1, 0.15) is 12.1 Å². The molecule has 6 rings (SSSR count). The van der Waals surface area contributed by atoms with Crippen LogP contribution in [-0.2, 0) is 39.7 Å². The highest BCUT2D eigenvalue weighted by atomic mass is 16.7. The molecule has 4 fully saturated rings. The molecule has 0 radical (unpaired) electrons.